The number of benzene rings is 1. The van der Waals surface area contributed by atoms with E-state index in [4.69, 9.17) is 9.47 Å². The van der Waals surface area contributed by atoms with Gasteiger partial charge in [-0.3, -0.25) is 4.79 Å². The van der Waals surface area contributed by atoms with Crippen molar-refractivity contribution >= 4 is 18.2 Å². The van der Waals surface area contributed by atoms with E-state index < -0.39 is 0 Å². The average Bonchev–Trinajstić information content (AvgIpc) is 2.34. The van der Waals surface area contributed by atoms with Gasteiger partial charge in [0.1, 0.15) is 0 Å². The number of carbonyl (C=O) groups is 1. The zero-order chi connectivity index (χ0) is 12.8. The first-order valence-electron chi connectivity index (χ1n) is 5.48. The highest BCUT2D eigenvalue weighted by Crippen LogP contribution is 2.27. The Balaban J connectivity index is 0.00000289. The summed E-state index contributed by atoms with van der Waals surface area (Å²) in [6, 6.07) is 5.23. The molecule has 0 bridgehead atoms. The number of hydrogen-bond acceptors (Lipinski definition) is 4. The normalized spacial score (nSPS) is 9.83. The summed E-state index contributed by atoms with van der Waals surface area (Å²) in [5.41, 5.74) is 0.657. The number of ketones is 1. The van der Waals surface area contributed by atoms with Gasteiger partial charge in [-0.2, -0.15) is 0 Å². The SMILES string of the molecule is COc1ccc(C(=O)CCN(C)C)cc1OC.Cl. The summed E-state index contributed by atoms with van der Waals surface area (Å²) in [4.78, 5) is 13.9. The number of hydrogen-bond donors (Lipinski definition) is 0. The molecule has 1 aromatic carbocycles. The highest BCUT2D eigenvalue weighted by atomic mass is 35.5. The minimum Gasteiger partial charge on any atom is -0.493 e. The molecule has 0 atom stereocenters. The first kappa shape index (κ1) is 16.7. The van der Waals surface area contributed by atoms with Crippen LogP contribution in [-0.4, -0.2) is 45.5 Å². The number of Topliss-reactive ketones (excluding diaryl/α,β-unsaturated/α-hetero) is 1. The fraction of sp³-hybridized carbons (Fsp3) is 0.462. The highest BCUT2D eigenvalue weighted by molar-refractivity contribution is 5.96. The van der Waals surface area contributed by atoms with Gasteiger partial charge in [0.2, 0.25) is 0 Å². The molecule has 0 aromatic heterocycles. The molecule has 4 nitrogen and oxygen atoms in total. The van der Waals surface area contributed by atoms with Crippen LogP contribution in [0.4, 0.5) is 0 Å². The molecular weight excluding hydrogens is 254 g/mol. The molecule has 0 heterocycles. The van der Waals surface area contributed by atoms with Gasteiger partial charge in [0, 0.05) is 18.5 Å². The Bertz CT molecular complexity index is 394. The Labute approximate surface area is 114 Å². The number of carbonyl (C=O) groups excluding carboxylic acids is 1. The maximum Gasteiger partial charge on any atom is 0.164 e. The van der Waals surface area contributed by atoms with E-state index in [1.165, 1.54) is 0 Å². The molecule has 0 unspecified atom stereocenters. The van der Waals surface area contributed by atoms with E-state index in [9.17, 15) is 4.79 Å². The Morgan fingerprint density at radius 3 is 2.28 bits per heavy atom. The summed E-state index contributed by atoms with van der Waals surface area (Å²) in [6.07, 6.45) is 0.502. The smallest absolute Gasteiger partial charge is 0.164 e. The second kappa shape index (κ2) is 7.95. The van der Waals surface area contributed by atoms with E-state index in [0.29, 0.717) is 23.5 Å². The van der Waals surface area contributed by atoms with E-state index in [-0.39, 0.29) is 18.2 Å². The van der Waals surface area contributed by atoms with Crippen LogP contribution >= 0.6 is 12.4 Å². The van der Waals surface area contributed by atoms with Crippen molar-refractivity contribution in [1.82, 2.24) is 4.90 Å². The van der Waals surface area contributed by atoms with Crippen LogP contribution in [-0.2, 0) is 0 Å². The van der Waals surface area contributed by atoms with Crippen LogP contribution in [0.15, 0.2) is 18.2 Å². The lowest BCUT2D eigenvalue weighted by Gasteiger charge is -2.10. The summed E-state index contributed by atoms with van der Waals surface area (Å²) >= 11 is 0. The van der Waals surface area contributed by atoms with Crippen molar-refractivity contribution in [2.24, 2.45) is 0 Å². The molecule has 18 heavy (non-hydrogen) atoms. The molecule has 5 heteroatoms. The minimum absolute atomic E-state index is 0. The van der Waals surface area contributed by atoms with Crippen molar-refractivity contribution < 1.29 is 14.3 Å². The van der Waals surface area contributed by atoms with Crippen LogP contribution in [0, 0.1) is 0 Å². The molecule has 0 spiro atoms. The molecule has 0 fully saturated rings. The van der Waals surface area contributed by atoms with Gasteiger partial charge >= 0.3 is 0 Å². The molecule has 0 saturated heterocycles. The van der Waals surface area contributed by atoms with Crippen LogP contribution in [0.1, 0.15) is 16.8 Å². The number of nitrogens with zero attached hydrogens (tertiary/aromatic N) is 1. The number of halogens is 1. The Hall–Kier alpha value is -1.26. The lowest BCUT2D eigenvalue weighted by molar-refractivity contribution is 0.0972. The molecule has 0 aliphatic rings. The van der Waals surface area contributed by atoms with Gasteiger partial charge in [-0.1, -0.05) is 0 Å². The summed E-state index contributed by atoms with van der Waals surface area (Å²) in [6.45, 7) is 0.743. The van der Waals surface area contributed by atoms with Gasteiger partial charge in [-0.25, -0.2) is 0 Å². The van der Waals surface area contributed by atoms with Gasteiger partial charge in [-0.15, -0.1) is 12.4 Å². The van der Waals surface area contributed by atoms with Crippen LogP contribution in [0.3, 0.4) is 0 Å². The zero-order valence-electron chi connectivity index (χ0n) is 11.2. The highest BCUT2D eigenvalue weighted by Gasteiger charge is 2.10. The van der Waals surface area contributed by atoms with E-state index in [1.807, 2.05) is 19.0 Å². The Kier molecular flexibility index (Phi) is 7.39. The second-order valence-corrected chi connectivity index (χ2v) is 4.05. The first-order valence-corrected chi connectivity index (χ1v) is 5.48. The summed E-state index contributed by atoms with van der Waals surface area (Å²) in [7, 11) is 7.03. The summed E-state index contributed by atoms with van der Waals surface area (Å²) in [5, 5.41) is 0. The van der Waals surface area contributed by atoms with Crippen LogP contribution in [0.5, 0.6) is 11.5 Å². The van der Waals surface area contributed by atoms with Crippen molar-refractivity contribution in [2.75, 3.05) is 34.9 Å². The standard InChI is InChI=1S/C13H19NO3.ClH/c1-14(2)8-7-11(15)10-5-6-12(16-3)13(9-10)17-4;/h5-6,9H,7-8H2,1-4H3;1H. The molecule has 1 aromatic rings. The quantitative estimate of drug-likeness (QED) is 0.746. The molecule has 0 aliphatic heterocycles. The van der Waals surface area contributed by atoms with Crippen molar-refractivity contribution in [3.63, 3.8) is 0 Å². The zero-order valence-corrected chi connectivity index (χ0v) is 12.0. The second-order valence-electron chi connectivity index (χ2n) is 4.05. The van der Waals surface area contributed by atoms with Gasteiger partial charge in [0.25, 0.3) is 0 Å². The Morgan fingerprint density at radius 2 is 1.78 bits per heavy atom. The molecule has 0 amide bonds. The van der Waals surface area contributed by atoms with Gasteiger partial charge in [-0.05, 0) is 32.3 Å². The number of rotatable bonds is 6. The van der Waals surface area contributed by atoms with Crippen LogP contribution < -0.4 is 9.47 Å². The van der Waals surface area contributed by atoms with E-state index in [2.05, 4.69) is 0 Å². The molecular formula is C13H20ClNO3. The van der Waals surface area contributed by atoms with E-state index in [1.54, 1.807) is 32.4 Å². The topological polar surface area (TPSA) is 38.8 Å². The van der Waals surface area contributed by atoms with E-state index in [0.717, 1.165) is 6.54 Å². The van der Waals surface area contributed by atoms with Crippen molar-refractivity contribution in [3.05, 3.63) is 23.8 Å². The maximum absolute atomic E-state index is 11.9. The molecule has 102 valence electrons. The Morgan fingerprint density at radius 1 is 1.17 bits per heavy atom. The van der Waals surface area contributed by atoms with Gasteiger partial charge < -0.3 is 14.4 Å². The molecule has 1 rings (SSSR count). The fourth-order valence-electron chi connectivity index (χ4n) is 1.48. The molecule has 0 aliphatic carbocycles. The third kappa shape index (κ3) is 4.55. The fourth-order valence-corrected chi connectivity index (χ4v) is 1.48. The number of methoxy groups -OCH3 is 2. The minimum atomic E-state index is 0. The van der Waals surface area contributed by atoms with Crippen molar-refractivity contribution in [2.45, 2.75) is 6.42 Å². The average molecular weight is 274 g/mol. The van der Waals surface area contributed by atoms with Crippen LogP contribution in [0.25, 0.3) is 0 Å². The van der Waals surface area contributed by atoms with Crippen molar-refractivity contribution in [1.29, 1.82) is 0 Å². The predicted molar refractivity (Wildman–Crippen MR) is 74.3 cm³/mol. The van der Waals surface area contributed by atoms with E-state index >= 15 is 0 Å². The lowest BCUT2D eigenvalue weighted by atomic mass is 10.1. The monoisotopic (exact) mass is 273 g/mol. The largest absolute Gasteiger partial charge is 0.493 e. The lowest BCUT2D eigenvalue weighted by Crippen LogP contribution is -2.16. The predicted octanol–water partition coefficient (Wildman–Crippen LogP) is 2.26. The molecule has 0 saturated carbocycles. The third-order valence-corrected chi connectivity index (χ3v) is 2.49. The molecule has 0 N–H and O–H groups in total. The van der Waals surface area contributed by atoms with Gasteiger partial charge in [0.05, 0.1) is 14.2 Å². The van der Waals surface area contributed by atoms with Crippen molar-refractivity contribution in [3.8, 4) is 11.5 Å². The van der Waals surface area contributed by atoms with Gasteiger partial charge in [0.15, 0.2) is 17.3 Å². The summed E-state index contributed by atoms with van der Waals surface area (Å²) in [5.74, 6) is 1.33. The summed E-state index contributed by atoms with van der Waals surface area (Å²) < 4.78 is 10.3. The maximum atomic E-state index is 11.9. The molecule has 0 radical (unpaired) electrons. The number of ether oxygens (including phenoxy) is 2. The third-order valence-electron chi connectivity index (χ3n) is 2.49. The first-order chi connectivity index (χ1) is 8.08. The van der Waals surface area contributed by atoms with Crippen LogP contribution in [0.2, 0.25) is 0 Å².